The Labute approximate surface area is 148 Å². The number of nitrogens with one attached hydrogen (secondary N) is 1. The molecule has 5 heteroatoms. The summed E-state index contributed by atoms with van der Waals surface area (Å²) >= 11 is 9.39. The number of anilines is 1. The van der Waals surface area contributed by atoms with Crippen molar-refractivity contribution in [3.8, 4) is 0 Å². The third kappa shape index (κ3) is 4.18. The largest absolute Gasteiger partial charge is 0.278 e. The normalized spacial score (nSPS) is 11.3. The molecule has 0 spiro atoms. The van der Waals surface area contributed by atoms with E-state index < -0.39 is 0 Å². The van der Waals surface area contributed by atoms with Crippen LogP contribution < -0.4 is 5.43 Å². The van der Waals surface area contributed by atoms with E-state index >= 15 is 0 Å². The van der Waals surface area contributed by atoms with Crippen LogP contribution in [-0.2, 0) is 0 Å². The molecule has 1 heterocycles. The van der Waals surface area contributed by atoms with Crippen LogP contribution in [-0.4, -0.2) is 10.7 Å². The van der Waals surface area contributed by atoms with Crippen LogP contribution in [0.2, 0.25) is 5.02 Å². The molecular formula is C18H13BrClN3. The highest BCUT2D eigenvalue weighted by molar-refractivity contribution is 9.10. The molecule has 23 heavy (non-hydrogen) atoms. The smallest absolute Gasteiger partial charge is 0.116 e. The molecule has 0 atom stereocenters. The molecule has 3 nitrogen and oxygen atoms in total. The van der Waals surface area contributed by atoms with Gasteiger partial charge in [-0.25, -0.2) is 0 Å². The van der Waals surface area contributed by atoms with Crippen LogP contribution in [0.1, 0.15) is 11.3 Å². The van der Waals surface area contributed by atoms with Gasteiger partial charge >= 0.3 is 0 Å². The summed E-state index contributed by atoms with van der Waals surface area (Å²) in [5, 5.41) is 5.23. The van der Waals surface area contributed by atoms with Gasteiger partial charge in [0, 0.05) is 21.3 Å². The molecule has 0 aliphatic heterocycles. The molecule has 1 N–H and O–H groups in total. The van der Waals surface area contributed by atoms with Crippen LogP contribution in [0, 0.1) is 0 Å². The second-order valence-electron chi connectivity index (χ2n) is 4.80. The maximum Gasteiger partial charge on any atom is 0.116 e. The Hall–Kier alpha value is -2.17. The van der Waals surface area contributed by atoms with E-state index in [4.69, 9.17) is 11.6 Å². The summed E-state index contributed by atoms with van der Waals surface area (Å²) in [5.41, 5.74) is 6.46. The Bertz CT molecular complexity index is 800. The molecule has 3 rings (SSSR count). The van der Waals surface area contributed by atoms with Crippen LogP contribution in [0.25, 0.3) is 0 Å². The molecule has 0 bridgehead atoms. The van der Waals surface area contributed by atoms with Crippen molar-refractivity contribution in [2.75, 3.05) is 5.43 Å². The van der Waals surface area contributed by atoms with Crippen LogP contribution in [0.5, 0.6) is 0 Å². The molecule has 114 valence electrons. The van der Waals surface area contributed by atoms with Crippen molar-refractivity contribution in [3.05, 3.63) is 93.7 Å². The highest BCUT2D eigenvalue weighted by atomic mass is 79.9. The fourth-order valence-corrected chi connectivity index (χ4v) is 2.42. The topological polar surface area (TPSA) is 37.3 Å². The lowest BCUT2D eigenvalue weighted by molar-refractivity contribution is 1.25. The number of halogens is 2. The Kier molecular flexibility index (Phi) is 5.05. The third-order valence-corrected chi connectivity index (χ3v) is 3.95. The lowest BCUT2D eigenvalue weighted by atomic mass is 10.1. The summed E-state index contributed by atoms with van der Waals surface area (Å²) in [5.74, 6) is 0. The summed E-state index contributed by atoms with van der Waals surface area (Å²) in [6.45, 7) is 0. The first-order valence-electron chi connectivity index (χ1n) is 6.99. The SMILES string of the molecule is Clc1ccc(/C(=N/Nc2ccc(Br)cc2)c2ccccn2)cc1. The maximum atomic E-state index is 5.97. The molecule has 0 saturated carbocycles. The summed E-state index contributed by atoms with van der Waals surface area (Å²) < 4.78 is 1.02. The van der Waals surface area contributed by atoms with E-state index in [2.05, 4.69) is 31.4 Å². The van der Waals surface area contributed by atoms with Gasteiger partial charge in [0.2, 0.25) is 0 Å². The lowest BCUT2D eigenvalue weighted by Gasteiger charge is -2.08. The minimum atomic E-state index is 0.690. The van der Waals surface area contributed by atoms with Gasteiger partial charge < -0.3 is 0 Å². The van der Waals surface area contributed by atoms with Crippen molar-refractivity contribution in [2.24, 2.45) is 5.10 Å². The van der Waals surface area contributed by atoms with Gasteiger partial charge in [-0.3, -0.25) is 10.4 Å². The second-order valence-corrected chi connectivity index (χ2v) is 6.15. The molecule has 0 saturated heterocycles. The van der Waals surface area contributed by atoms with Crippen molar-refractivity contribution >= 4 is 38.9 Å². The molecule has 2 aromatic carbocycles. The van der Waals surface area contributed by atoms with Gasteiger partial charge in [0.1, 0.15) is 5.71 Å². The number of nitrogens with zero attached hydrogens (tertiary/aromatic N) is 2. The highest BCUT2D eigenvalue weighted by Crippen LogP contribution is 2.16. The summed E-state index contributed by atoms with van der Waals surface area (Å²) in [7, 11) is 0. The zero-order valence-corrected chi connectivity index (χ0v) is 14.4. The third-order valence-electron chi connectivity index (χ3n) is 3.17. The average molecular weight is 387 g/mol. The van der Waals surface area contributed by atoms with Gasteiger partial charge in [0.25, 0.3) is 0 Å². The van der Waals surface area contributed by atoms with E-state index in [1.54, 1.807) is 6.20 Å². The fourth-order valence-electron chi connectivity index (χ4n) is 2.03. The van der Waals surface area contributed by atoms with Crippen molar-refractivity contribution in [2.45, 2.75) is 0 Å². The zero-order chi connectivity index (χ0) is 16.1. The molecule has 1 aromatic heterocycles. The molecule has 0 radical (unpaired) electrons. The Morgan fingerprint density at radius 1 is 0.957 bits per heavy atom. The van der Waals surface area contributed by atoms with Gasteiger partial charge in [-0.1, -0.05) is 45.7 Å². The van der Waals surface area contributed by atoms with Crippen molar-refractivity contribution in [1.82, 2.24) is 4.98 Å². The minimum Gasteiger partial charge on any atom is -0.278 e. The molecule has 0 aliphatic carbocycles. The van der Waals surface area contributed by atoms with Gasteiger partial charge in [0.05, 0.1) is 11.4 Å². The number of pyridine rings is 1. The molecule has 0 unspecified atom stereocenters. The first kappa shape index (κ1) is 15.7. The predicted molar refractivity (Wildman–Crippen MR) is 99.1 cm³/mol. The zero-order valence-electron chi connectivity index (χ0n) is 12.1. The first-order valence-corrected chi connectivity index (χ1v) is 8.16. The quantitative estimate of drug-likeness (QED) is 0.484. The van der Waals surface area contributed by atoms with Crippen LogP contribution in [0.15, 0.2) is 82.5 Å². The van der Waals surface area contributed by atoms with Crippen LogP contribution in [0.3, 0.4) is 0 Å². The highest BCUT2D eigenvalue weighted by Gasteiger charge is 2.08. The number of hydrogen-bond acceptors (Lipinski definition) is 3. The van der Waals surface area contributed by atoms with E-state index in [1.165, 1.54) is 0 Å². The Balaban J connectivity index is 1.96. The standard InChI is InChI=1S/C18H13BrClN3/c19-14-6-10-16(11-7-14)22-23-18(17-3-1-2-12-21-17)13-4-8-15(20)9-5-13/h1-12,22H/b23-18-. The predicted octanol–water partition coefficient (Wildman–Crippen LogP) is 5.36. The minimum absolute atomic E-state index is 0.690. The van der Waals surface area contributed by atoms with Crippen molar-refractivity contribution in [3.63, 3.8) is 0 Å². The monoisotopic (exact) mass is 385 g/mol. The van der Waals surface area contributed by atoms with Crippen molar-refractivity contribution < 1.29 is 0 Å². The van der Waals surface area contributed by atoms with E-state index in [1.807, 2.05) is 66.7 Å². The van der Waals surface area contributed by atoms with Crippen LogP contribution in [0.4, 0.5) is 5.69 Å². The van der Waals surface area contributed by atoms with Gasteiger partial charge in [0.15, 0.2) is 0 Å². The molecular weight excluding hydrogens is 374 g/mol. The average Bonchev–Trinajstić information content (AvgIpc) is 2.59. The lowest BCUT2D eigenvalue weighted by Crippen LogP contribution is -2.08. The molecule has 0 fully saturated rings. The van der Waals surface area contributed by atoms with Gasteiger partial charge in [-0.15, -0.1) is 0 Å². The Morgan fingerprint density at radius 3 is 2.35 bits per heavy atom. The van der Waals surface area contributed by atoms with E-state index in [0.717, 1.165) is 27.1 Å². The summed E-state index contributed by atoms with van der Waals surface area (Å²) in [6.07, 6.45) is 1.75. The fraction of sp³-hybridized carbons (Fsp3) is 0. The number of hydrazone groups is 1. The van der Waals surface area contributed by atoms with Crippen molar-refractivity contribution in [1.29, 1.82) is 0 Å². The van der Waals surface area contributed by atoms with E-state index in [9.17, 15) is 0 Å². The van der Waals surface area contributed by atoms with E-state index in [0.29, 0.717) is 5.02 Å². The molecule has 0 amide bonds. The summed E-state index contributed by atoms with van der Waals surface area (Å²) in [6, 6.07) is 21.1. The molecule has 0 aliphatic rings. The van der Waals surface area contributed by atoms with Gasteiger partial charge in [-0.2, -0.15) is 5.10 Å². The number of aromatic nitrogens is 1. The first-order chi connectivity index (χ1) is 11.2. The number of rotatable bonds is 4. The second kappa shape index (κ2) is 7.40. The van der Waals surface area contributed by atoms with Crippen LogP contribution >= 0.6 is 27.5 Å². The van der Waals surface area contributed by atoms with Gasteiger partial charge in [-0.05, 0) is 48.5 Å². The Morgan fingerprint density at radius 2 is 1.70 bits per heavy atom. The maximum absolute atomic E-state index is 5.97. The number of benzene rings is 2. The summed E-state index contributed by atoms with van der Waals surface area (Å²) in [4.78, 5) is 4.39. The number of hydrogen-bond donors (Lipinski definition) is 1. The molecule has 3 aromatic rings. The van der Waals surface area contributed by atoms with E-state index in [-0.39, 0.29) is 0 Å².